The van der Waals surface area contributed by atoms with Crippen LogP contribution in [0.2, 0.25) is 0 Å². The van der Waals surface area contributed by atoms with Gasteiger partial charge in [-0.1, -0.05) is 32.6 Å². The predicted molar refractivity (Wildman–Crippen MR) is 79.1 cm³/mol. The molecule has 1 saturated carbocycles. The third-order valence-corrected chi connectivity index (χ3v) is 4.97. The second kappa shape index (κ2) is 7.28. The van der Waals surface area contributed by atoms with E-state index in [0.29, 0.717) is 18.5 Å². The fourth-order valence-electron chi connectivity index (χ4n) is 3.40. The Morgan fingerprint density at radius 1 is 1.05 bits per heavy atom. The first-order valence-electron chi connectivity index (χ1n) is 8.15. The van der Waals surface area contributed by atoms with Gasteiger partial charge in [0.25, 0.3) is 0 Å². The van der Waals surface area contributed by atoms with E-state index in [9.17, 15) is 4.79 Å². The monoisotopic (exact) mass is 266 g/mol. The van der Waals surface area contributed by atoms with Crippen LogP contribution in [-0.4, -0.2) is 48.4 Å². The number of rotatable bonds is 3. The molecule has 19 heavy (non-hydrogen) atoms. The summed E-state index contributed by atoms with van der Waals surface area (Å²) in [6.07, 6.45) is 10.3. The summed E-state index contributed by atoms with van der Waals surface area (Å²) in [5, 5.41) is 0. The van der Waals surface area contributed by atoms with Gasteiger partial charge >= 0.3 is 0 Å². The van der Waals surface area contributed by atoms with Crippen LogP contribution in [0.3, 0.4) is 0 Å². The van der Waals surface area contributed by atoms with E-state index in [-0.39, 0.29) is 0 Å². The normalized spacial score (nSPS) is 23.6. The van der Waals surface area contributed by atoms with E-state index >= 15 is 0 Å². The van der Waals surface area contributed by atoms with E-state index in [4.69, 9.17) is 0 Å². The smallest absolute Gasteiger partial charge is 0.236 e. The molecular formula is C16H30N2O. The molecule has 110 valence electrons. The Bertz CT molecular complexity index is 276. The fraction of sp³-hybridized carbons (Fsp3) is 0.938. The highest BCUT2D eigenvalue weighted by Gasteiger charge is 2.24. The average Bonchev–Trinajstić information content (AvgIpc) is 2.68. The number of carbonyl (C=O) groups excluding carboxylic acids is 1. The average molecular weight is 266 g/mol. The zero-order chi connectivity index (χ0) is 13.7. The molecule has 0 aromatic carbocycles. The van der Waals surface area contributed by atoms with Crippen LogP contribution in [-0.2, 0) is 4.79 Å². The first-order chi connectivity index (χ1) is 9.16. The molecule has 2 aliphatic rings. The number of hydrogen-bond donors (Lipinski definition) is 0. The second-order valence-corrected chi connectivity index (χ2v) is 6.62. The van der Waals surface area contributed by atoms with Gasteiger partial charge in [-0.15, -0.1) is 0 Å². The van der Waals surface area contributed by atoms with Gasteiger partial charge in [0.1, 0.15) is 0 Å². The van der Waals surface area contributed by atoms with Crippen molar-refractivity contribution in [3.63, 3.8) is 0 Å². The molecule has 2 rings (SSSR count). The summed E-state index contributed by atoms with van der Waals surface area (Å²) in [6.45, 7) is 4.86. The highest BCUT2D eigenvalue weighted by molar-refractivity contribution is 5.78. The number of piperidine rings is 1. The molecule has 0 spiro atoms. The van der Waals surface area contributed by atoms with Gasteiger partial charge in [-0.2, -0.15) is 0 Å². The van der Waals surface area contributed by atoms with Crippen molar-refractivity contribution in [3.8, 4) is 0 Å². The molecule has 0 aromatic rings. The van der Waals surface area contributed by atoms with Crippen LogP contribution in [0.4, 0.5) is 0 Å². The zero-order valence-electron chi connectivity index (χ0n) is 12.7. The number of likely N-dealkylation sites (tertiary alicyclic amines) is 1. The molecule has 0 unspecified atom stereocenters. The Morgan fingerprint density at radius 3 is 2.21 bits per heavy atom. The number of nitrogens with zero attached hydrogens (tertiary/aromatic N) is 2. The van der Waals surface area contributed by atoms with E-state index in [1.54, 1.807) is 0 Å². The first-order valence-corrected chi connectivity index (χ1v) is 8.15. The maximum absolute atomic E-state index is 12.3. The van der Waals surface area contributed by atoms with Crippen molar-refractivity contribution in [1.82, 2.24) is 9.80 Å². The van der Waals surface area contributed by atoms with Crippen LogP contribution in [0.25, 0.3) is 0 Å². The Kier molecular flexibility index (Phi) is 5.68. The standard InChI is InChI=1S/C16H30N2O/c1-14-9-11-18(12-10-14)16(19)13-17(2)15-7-5-3-4-6-8-15/h14-15H,3-13H2,1-2H3. The van der Waals surface area contributed by atoms with E-state index in [1.807, 2.05) is 0 Å². The van der Waals surface area contributed by atoms with E-state index in [2.05, 4.69) is 23.8 Å². The Balaban J connectivity index is 1.77. The summed E-state index contributed by atoms with van der Waals surface area (Å²) in [6, 6.07) is 0.634. The van der Waals surface area contributed by atoms with Crippen LogP contribution in [0, 0.1) is 5.92 Å². The summed E-state index contributed by atoms with van der Waals surface area (Å²) in [7, 11) is 2.14. The van der Waals surface area contributed by atoms with Crippen molar-refractivity contribution in [2.75, 3.05) is 26.7 Å². The minimum atomic E-state index is 0.346. The van der Waals surface area contributed by atoms with Gasteiger partial charge in [-0.25, -0.2) is 0 Å². The van der Waals surface area contributed by atoms with Crippen molar-refractivity contribution >= 4 is 5.91 Å². The number of amides is 1. The van der Waals surface area contributed by atoms with Crippen LogP contribution in [0.15, 0.2) is 0 Å². The zero-order valence-corrected chi connectivity index (χ0v) is 12.7. The van der Waals surface area contributed by atoms with Crippen LogP contribution < -0.4 is 0 Å². The molecule has 1 aliphatic heterocycles. The third-order valence-electron chi connectivity index (χ3n) is 4.97. The molecule has 1 saturated heterocycles. The van der Waals surface area contributed by atoms with Crippen LogP contribution in [0.1, 0.15) is 58.3 Å². The van der Waals surface area contributed by atoms with Gasteiger partial charge in [-0.3, -0.25) is 9.69 Å². The summed E-state index contributed by atoms with van der Waals surface area (Å²) in [5.74, 6) is 1.14. The first kappa shape index (κ1) is 14.8. The van der Waals surface area contributed by atoms with Crippen molar-refractivity contribution in [3.05, 3.63) is 0 Å². The van der Waals surface area contributed by atoms with Gasteiger partial charge in [-0.05, 0) is 38.6 Å². The van der Waals surface area contributed by atoms with Crippen molar-refractivity contribution in [2.45, 2.75) is 64.3 Å². The molecule has 0 radical (unpaired) electrons. The SMILES string of the molecule is CC1CCN(C(=O)CN(C)C2CCCCCC2)CC1. The summed E-state index contributed by atoms with van der Waals surface area (Å²) in [5.41, 5.74) is 0. The van der Waals surface area contributed by atoms with E-state index < -0.39 is 0 Å². The van der Waals surface area contributed by atoms with E-state index in [1.165, 1.54) is 51.4 Å². The number of likely N-dealkylation sites (N-methyl/N-ethyl adjacent to an activating group) is 1. The lowest BCUT2D eigenvalue weighted by Gasteiger charge is -2.33. The molecule has 0 N–H and O–H groups in total. The van der Waals surface area contributed by atoms with E-state index in [0.717, 1.165) is 19.0 Å². The van der Waals surface area contributed by atoms with Crippen molar-refractivity contribution < 1.29 is 4.79 Å². The van der Waals surface area contributed by atoms with Crippen molar-refractivity contribution in [1.29, 1.82) is 0 Å². The molecule has 3 heteroatoms. The van der Waals surface area contributed by atoms with Gasteiger partial charge in [0.2, 0.25) is 5.91 Å². The Labute approximate surface area is 118 Å². The lowest BCUT2D eigenvalue weighted by atomic mass is 9.99. The predicted octanol–water partition coefficient (Wildman–Crippen LogP) is 2.90. The molecule has 0 bridgehead atoms. The molecule has 1 amide bonds. The Morgan fingerprint density at radius 2 is 1.63 bits per heavy atom. The minimum absolute atomic E-state index is 0.346. The molecule has 3 nitrogen and oxygen atoms in total. The molecule has 1 aliphatic carbocycles. The Hall–Kier alpha value is -0.570. The van der Waals surface area contributed by atoms with Gasteiger partial charge < -0.3 is 4.90 Å². The number of hydrogen-bond acceptors (Lipinski definition) is 2. The quantitative estimate of drug-likeness (QED) is 0.733. The molecule has 0 atom stereocenters. The summed E-state index contributed by atoms with van der Waals surface area (Å²) < 4.78 is 0. The van der Waals surface area contributed by atoms with Gasteiger partial charge in [0.05, 0.1) is 6.54 Å². The highest BCUT2D eigenvalue weighted by atomic mass is 16.2. The van der Waals surface area contributed by atoms with Crippen LogP contribution in [0.5, 0.6) is 0 Å². The molecule has 2 fully saturated rings. The molecule has 0 aromatic heterocycles. The fourth-order valence-corrected chi connectivity index (χ4v) is 3.40. The van der Waals surface area contributed by atoms with Crippen LogP contribution >= 0.6 is 0 Å². The minimum Gasteiger partial charge on any atom is -0.342 e. The lowest BCUT2D eigenvalue weighted by molar-refractivity contribution is -0.134. The summed E-state index contributed by atoms with van der Waals surface area (Å²) >= 11 is 0. The summed E-state index contributed by atoms with van der Waals surface area (Å²) in [4.78, 5) is 16.7. The lowest BCUT2D eigenvalue weighted by Crippen LogP contribution is -2.45. The molecular weight excluding hydrogens is 236 g/mol. The van der Waals surface area contributed by atoms with Gasteiger partial charge in [0, 0.05) is 19.1 Å². The highest BCUT2D eigenvalue weighted by Crippen LogP contribution is 2.21. The maximum atomic E-state index is 12.3. The number of carbonyl (C=O) groups is 1. The van der Waals surface area contributed by atoms with Gasteiger partial charge in [0.15, 0.2) is 0 Å². The molecule has 1 heterocycles. The third kappa shape index (κ3) is 4.48. The second-order valence-electron chi connectivity index (χ2n) is 6.62. The van der Waals surface area contributed by atoms with Crippen molar-refractivity contribution in [2.24, 2.45) is 5.92 Å². The topological polar surface area (TPSA) is 23.6 Å². The maximum Gasteiger partial charge on any atom is 0.236 e. The largest absolute Gasteiger partial charge is 0.342 e.